The fourth-order valence-corrected chi connectivity index (χ4v) is 2.35. The second-order valence-corrected chi connectivity index (χ2v) is 4.27. The minimum absolute atomic E-state index is 0.0824. The van der Waals surface area contributed by atoms with Gasteiger partial charge in [0.2, 0.25) is 5.91 Å². The van der Waals surface area contributed by atoms with E-state index in [1.165, 1.54) is 18.3 Å². The molecule has 1 atom stereocenters. The SMILES string of the molecule is CC(=O)NC(CC(=O)O)c1sccc1C. The molecule has 82 valence electrons. The third-order valence-electron chi connectivity index (χ3n) is 1.97. The Morgan fingerprint density at radius 2 is 2.27 bits per heavy atom. The third kappa shape index (κ3) is 3.36. The van der Waals surface area contributed by atoms with E-state index in [0.717, 1.165) is 10.4 Å². The van der Waals surface area contributed by atoms with Gasteiger partial charge in [0.05, 0.1) is 12.5 Å². The quantitative estimate of drug-likeness (QED) is 0.822. The minimum atomic E-state index is -0.915. The number of carbonyl (C=O) groups excluding carboxylic acids is 1. The Balaban J connectivity index is 2.85. The van der Waals surface area contributed by atoms with Crippen molar-refractivity contribution in [3.63, 3.8) is 0 Å². The Bertz CT molecular complexity index is 356. The number of carboxylic acids is 1. The smallest absolute Gasteiger partial charge is 0.305 e. The summed E-state index contributed by atoms with van der Waals surface area (Å²) in [6.45, 7) is 3.29. The van der Waals surface area contributed by atoms with Crippen LogP contribution in [-0.4, -0.2) is 17.0 Å². The molecule has 0 radical (unpaired) electrons. The zero-order chi connectivity index (χ0) is 11.4. The van der Waals surface area contributed by atoms with E-state index in [4.69, 9.17) is 5.11 Å². The summed E-state index contributed by atoms with van der Waals surface area (Å²) in [6, 6.07) is 1.50. The topological polar surface area (TPSA) is 66.4 Å². The maximum atomic E-state index is 10.9. The molecule has 0 saturated heterocycles. The molecule has 0 aliphatic heterocycles. The molecule has 4 nitrogen and oxygen atoms in total. The molecule has 1 heterocycles. The molecule has 0 fully saturated rings. The monoisotopic (exact) mass is 227 g/mol. The first-order valence-electron chi connectivity index (χ1n) is 4.53. The highest BCUT2D eigenvalue weighted by Crippen LogP contribution is 2.26. The van der Waals surface area contributed by atoms with E-state index in [9.17, 15) is 9.59 Å². The van der Waals surface area contributed by atoms with Crippen LogP contribution in [0, 0.1) is 6.92 Å². The van der Waals surface area contributed by atoms with E-state index in [2.05, 4.69) is 5.32 Å². The summed E-state index contributed by atoms with van der Waals surface area (Å²) in [5, 5.41) is 13.3. The zero-order valence-corrected chi connectivity index (χ0v) is 9.43. The fourth-order valence-electron chi connectivity index (χ4n) is 1.37. The van der Waals surface area contributed by atoms with Crippen LogP contribution < -0.4 is 5.32 Å². The molecule has 0 aliphatic carbocycles. The normalized spacial score (nSPS) is 12.1. The highest BCUT2D eigenvalue weighted by atomic mass is 32.1. The molecule has 1 rings (SSSR count). The zero-order valence-electron chi connectivity index (χ0n) is 8.61. The minimum Gasteiger partial charge on any atom is -0.481 e. The molecular weight excluding hydrogens is 214 g/mol. The number of carboxylic acid groups (broad SMARTS) is 1. The standard InChI is InChI=1S/C10H13NO3S/c1-6-3-4-15-10(6)8(5-9(13)14)11-7(2)12/h3-4,8H,5H2,1-2H3,(H,11,12)(H,13,14). The maximum absolute atomic E-state index is 10.9. The predicted octanol–water partition coefficient (Wildman–Crippen LogP) is 1.71. The Kier molecular flexibility index (Phi) is 3.85. The number of thiophene rings is 1. The van der Waals surface area contributed by atoms with Gasteiger partial charge in [-0.3, -0.25) is 9.59 Å². The first kappa shape index (κ1) is 11.7. The highest BCUT2D eigenvalue weighted by molar-refractivity contribution is 7.10. The van der Waals surface area contributed by atoms with Crippen LogP contribution in [0.1, 0.15) is 29.8 Å². The number of amides is 1. The Morgan fingerprint density at radius 1 is 1.60 bits per heavy atom. The lowest BCUT2D eigenvalue weighted by Crippen LogP contribution is -2.27. The van der Waals surface area contributed by atoms with Crippen molar-refractivity contribution in [1.82, 2.24) is 5.32 Å². The lowest BCUT2D eigenvalue weighted by atomic mass is 10.1. The molecule has 1 aromatic rings. The molecule has 1 unspecified atom stereocenters. The van der Waals surface area contributed by atoms with Crippen LogP contribution in [0.4, 0.5) is 0 Å². The van der Waals surface area contributed by atoms with E-state index in [0.29, 0.717) is 0 Å². The van der Waals surface area contributed by atoms with Crippen molar-refractivity contribution in [2.45, 2.75) is 26.3 Å². The summed E-state index contributed by atoms with van der Waals surface area (Å²) in [6.07, 6.45) is -0.0824. The first-order chi connectivity index (χ1) is 7.00. The second-order valence-electron chi connectivity index (χ2n) is 3.32. The van der Waals surface area contributed by atoms with Gasteiger partial charge in [-0.05, 0) is 23.9 Å². The molecular formula is C10H13NO3S. The molecule has 0 spiro atoms. The van der Waals surface area contributed by atoms with E-state index in [-0.39, 0.29) is 12.3 Å². The molecule has 2 N–H and O–H groups in total. The van der Waals surface area contributed by atoms with E-state index in [1.54, 1.807) is 0 Å². The molecule has 1 amide bonds. The molecule has 0 saturated carbocycles. The Hall–Kier alpha value is -1.36. The van der Waals surface area contributed by atoms with Crippen molar-refractivity contribution < 1.29 is 14.7 Å². The molecule has 15 heavy (non-hydrogen) atoms. The van der Waals surface area contributed by atoms with Gasteiger partial charge in [-0.1, -0.05) is 0 Å². The van der Waals surface area contributed by atoms with Crippen LogP contribution >= 0.6 is 11.3 Å². The van der Waals surface area contributed by atoms with Gasteiger partial charge < -0.3 is 10.4 Å². The average Bonchev–Trinajstić information content (AvgIpc) is 2.48. The Labute approximate surface area is 91.9 Å². The lowest BCUT2D eigenvalue weighted by Gasteiger charge is -2.15. The lowest BCUT2D eigenvalue weighted by molar-refractivity contribution is -0.137. The van der Waals surface area contributed by atoms with Crippen molar-refractivity contribution in [2.75, 3.05) is 0 Å². The number of nitrogens with one attached hydrogen (secondary N) is 1. The second kappa shape index (κ2) is 4.93. The summed E-state index contributed by atoms with van der Waals surface area (Å²) in [7, 11) is 0. The van der Waals surface area contributed by atoms with Gasteiger partial charge >= 0.3 is 5.97 Å². The van der Waals surface area contributed by atoms with Crippen molar-refractivity contribution in [3.8, 4) is 0 Å². The van der Waals surface area contributed by atoms with Gasteiger partial charge in [-0.2, -0.15) is 0 Å². The van der Waals surface area contributed by atoms with Crippen LogP contribution in [0.25, 0.3) is 0 Å². The maximum Gasteiger partial charge on any atom is 0.305 e. The fraction of sp³-hybridized carbons (Fsp3) is 0.400. The van der Waals surface area contributed by atoms with Gasteiger partial charge in [-0.15, -0.1) is 11.3 Å². The van der Waals surface area contributed by atoms with Crippen LogP contribution in [-0.2, 0) is 9.59 Å². The van der Waals surface area contributed by atoms with Crippen molar-refractivity contribution >= 4 is 23.2 Å². The largest absolute Gasteiger partial charge is 0.481 e. The molecule has 1 aromatic heterocycles. The Morgan fingerprint density at radius 3 is 2.67 bits per heavy atom. The van der Waals surface area contributed by atoms with Crippen molar-refractivity contribution in [3.05, 3.63) is 21.9 Å². The summed E-state index contributed by atoms with van der Waals surface area (Å²) in [4.78, 5) is 22.5. The van der Waals surface area contributed by atoms with Crippen LogP contribution in [0.2, 0.25) is 0 Å². The summed E-state index contributed by atoms with van der Waals surface area (Å²) in [5.74, 6) is -1.13. The van der Waals surface area contributed by atoms with Crippen LogP contribution in [0.3, 0.4) is 0 Å². The third-order valence-corrected chi connectivity index (χ3v) is 3.11. The average molecular weight is 227 g/mol. The number of carbonyl (C=O) groups is 2. The van der Waals surface area contributed by atoms with Gasteiger partial charge in [-0.25, -0.2) is 0 Å². The van der Waals surface area contributed by atoms with Crippen LogP contribution in [0.15, 0.2) is 11.4 Å². The van der Waals surface area contributed by atoms with Gasteiger partial charge in [0.1, 0.15) is 0 Å². The van der Waals surface area contributed by atoms with Gasteiger partial charge in [0, 0.05) is 11.8 Å². The number of hydrogen-bond donors (Lipinski definition) is 2. The van der Waals surface area contributed by atoms with E-state index < -0.39 is 12.0 Å². The summed E-state index contributed by atoms with van der Waals surface area (Å²) < 4.78 is 0. The van der Waals surface area contributed by atoms with Crippen molar-refractivity contribution in [2.24, 2.45) is 0 Å². The van der Waals surface area contributed by atoms with Gasteiger partial charge in [0.15, 0.2) is 0 Å². The van der Waals surface area contributed by atoms with Crippen molar-refractivity contribution in [1.29, 1.82) is 0 Å². The number of aliphatic carboxylic acids is 1. The number of hydrogen-bond acceptors (Lipinski definition) is 3. The van der Waals surface area contributed by atoms with E-state index in [1.807, 2.05) is 18.4 Å². The van der Waals surface area contributed by atoms with Gasteiger partial charge in [0.25, 0.3) is 0 Å². The number of rotatable bonds is 4. The predicted molar refractivity (Wildman–Crippen MR) is 57.9 cm³/mol. The summed E-state index contributed by atoms with van der Waals surface area (Å²) >= 11 is 1.46. The molecule has 0 aromatic carbocycles. The molecule has 0 aliphatic rings. The van der Waals surface area contributed by atoms with E-state index >= 15 is 0 Å². The number of aryl methyl sites for hydroxylation is 1. The highest BCUT2D eigenvalue weighted by Gasteiger charge is 2.19. The first-order valence-corrected chi connectivity index (χ1v) is 5.41. The summed E-state index contributed by atoms with van der Waals surface area (Å²) in [5.41, 5.74) is 1.01. The molecule has 5 heteroatoms. The van der Waals surface area contributed by atoms with Crippen LogP contribution in [0.5, 0.6) is 0 Å². The molecule has 0 bridgehead atoms.